The highest BCUT2D eigenvalue weighted by atomic mass is 79.9. The summed E-state index contributed by atoms with van der Waals surface area (Å²) in [6.45, 7) is 3.25. The molecule has 0 fully saturated rings. The fourth-order valence-electron chi connectivity index (χ4n) is 1.29. The summed E-state index contributed by atoms with van der Waals surface area (Å²) in [7, 11) is 0. The van der Waals surface area contributed by atoms with Gasteiger partial charge in [0, 0.05) is 4.47 Å². The second-order valence-electron chi connectivity index (χ2n) is 4.48. The molecule has 6 heteroatoms. The van der Waals surface area contributed by atoms with Crippen molar-refractivity contribution in [1.29, 1.82) is 0 Å². The third-order valence-corrected chi connectivity index (χ3v) is 4.47. The minimum absolute atomic E-state index is 0.0736. The van der Waals surface area contributed by atoms with Crippen LogP contribution in [0.1, 0.15) is 19.4 Å². The van der Waals surface area contributed by atoms with Crippen LogP contribution in [0.2, 0.25) is 0 Å². The third kappa shape index (κ3) is 3.60. The van der Waals surface area contributed by atoms with E-state index in [1.165, 1.54) is 0 Å². The average Bonchev–Trinajstić information content (AvgIpc) is 2.30. The van der Waals surface area contributed by atoms with Crippen LogP contribution in [-0.4, -0.2) is 21.0 Å². The second kappa shape index (κ2) is 6.24. The lowest BCUT2D eigenvalue weighted by atomic mass is 9.94. The monoisotopic (exact) mass is 353 g/mol. The molecule has 0 radical (unpaired) electrons. The van der Waals surface area contributed by atoms with Gasteiger partial charge in [-0.25, -0.2) is 5.06 Å². The number of rotatable bonds is 4. The third-order valence-electron chi connectivity index (χ3n) is 2.61. The van der Waals surface area contributed by atoms with Crippen molar-refractivity contribution in [2.24, 2.45) is 5.41 Å². The highest BCUT2D eigenvalue weighted by Gasteiger charge is 2.37. The molecule has 0 spiro atoms. The smallest absolute Gasteiger partial charge is 0.254 e. The van der Waals surface area contributed by atoms with Crippen LogP contribution in [0.4, 0.5) is 0 Å². The summed E-state index contributed by atoms with van der Waals surface area (Å²) in [5, 5.41) is 10.5. The van der Waals surface area contributed by atoms with Gasteiger partial charge in [-0.3, -0.25) is 10.0 Å². The molecule has 0 aromatic heterocycles. The van der Waals surface area contributed by atoms with Crippen molar-refractivity contribution in [3.8, 4) is 0 Å². The largest absolute Gasteiger partial charge is 0.286 e. The Balaban J connectivity index is 2.81. The van der Waals surface area contributed by atoms with Crippen molar-refractivity contribution in [2.75, 3.05) is 0 Å². The fourth-order valence-corrected chi connectivity index (χ4v) is 1.88. The molecule has 1 aromatic carbocycles. The minimum atomic E-state index is -1.04. The van der Waals surface area contributed by atoms with E-state index in [1.54, 1.807) is 13.8 Å². The van der Waals surface area contributed by atoms with Crippen molar-refractivity contribution in [3.63, 3.8) is 0 Å². The molecule has 0 aliphatic carbocycles. The van der Waals surface area contributed by atoms with Gasteiger partial charge in [-0.2, -0.15) is 0 Å². The van der Waals surface area contributed by atoms with E-state index in [2.05, 4.69) is 15.9 Å². The Kier molecular flexibility index (Phi) is 5.46. The van der Waals surface area contributed by atoms with Crippen LogP contribution in [0.5, 0.6) is 0 Å². The Bertz CT molecular complexity index is 438. The molecule has 0 saturated carbocycles. The summed E-state index contributed by atoms with van der Waals surface area (Å²) in [5.41, 5.74) is -0.246. The number of carbonyl (C=O) groups is 1. The summed E-state index contributed by atoms with van der Waals surface area (Å²) < 4.78 is 0.822. The maximum absolute atomic E-state index is 12.0. The number of carbonyl (C=O) groups excluding carboxylic acids is 1. The average molecular weight is 355 g/mol. The molecular formula is C12H14BrCl2NO2. The second-order valence-corrected chi connectivity index (χ2v) is 6.43. The molecule has 0 atom stereocenters. The number of alkyl halides is 2. The zero-order chi connectivity index (χ0) is 13.9. The van der Waals surface area contributed by atoms with Crippen LogP contribution >= 0.6 is 39.1 Å². The zero-order valence-electron chi connectivity index (χ0n) is 10.0. The first-order valence-corrected chi connectivity index (χ1v) is 6.95. The van der Waals surface area contributed by atoms with Gasteiger partial charge in [-0.1, -0.05) is 34.1 Å². The Morgan fingerprint density at radius 3 is 2.50 bits per heavy atom. The molecule has 3 nitrogen and oxygen atoms in total. The molecule has 1 N–H and O–H groups in total. The van der Waals surface area contributed by atoms with E-state index < -0.39 is 16.2 Å². The summed E-state index contributed by atoms with van der Waals surface area (Å²) in [6.07, 6.45) is 0. The topological polar surface area (TPSA) is 40.5 Å². The first-order chi connectivity index (χ1) is 8.26. The maximum atomic E-state index is 12.0. The van der Waals surface area contributed by atoms with Crippen LogP contribution in [0.25, 0.3) is 0 Å². The fraction of sp³-hybridized carbons (Fsp3) is 0.417. The minimum Gasteiger partial charge on any atom is -0.286 e. The van der Waals surface area contributed by atoms with E-state index in [-0.39, 0.29) is 6.54 Å². The van der Waals surface area contributed by atoms with Gasteiger partial charge in [-0.15, -0.1) is 23.2 Å². The quantitative estimate of drug-likeness (QED) is 0.504. The Labute approximate surface area is 125 Å². The molecule has 0 unspecified atom stereocenters. The zero-order valence-corrected chi connectivity index (χ0v) is 13.1. The van der Waals surface area contributed by atoms with E-state index in [0.29, 0.717) is 5.06 Å². The molecule has 18 heavy (non-hydrogen) atoms. The van der Waals surface area contributed by atoms with Gasteiger partial charge in [0.2, 0.25) is 0 Å². The van der Waals surface area contributed by atoms with Gasteiger partial charge in [-0.05, 0) is 25.5 Å². The van der Waals surface area contributed by atoms with Gasteiger partial charge < -0.3 is 0 Å². The molecule has 0 aliphatic rings. The van der Waals surface area contributed by atoms with Crippen LogP contribution < -0.4 is 0 Å². The van der Waals surface area contributed by atoms with Gasteiger partial charge in [0.25, 0.3) is 5.91 Å². The van der Waals surface area contributed by atoms with Crippen molar-refractivity contribution >= 4 is 45.0 Å². The number of halogens is 3. The molecule has 1 amide bonds. The number of nitrogens with zero attached hydrogens (tertiary/aromatic N) is 1. The summed E-state index contributed by atoms with van der Waals surface area (Å²) in [6, 6.07) is 7.33. The molecule has 100 valence electrons. The number of hydroxylamine groups is 2. The number of hydrogen-bond donors (Lipinski definition) is 1. The number of hydrogen-bond acceptors (Lipinski definition) is 2. The first-order valence-electron chi connectivity index (χ1n) is 5.29. The molecule has 0 bridgehead atoms. The molecule has 0 heterocycles. The lowest BCUT2D eigenvalue weighted by Gasteiger charge is -2.28. The lowest BCUT2D eigenvalue weighted by molar-refractivity contribution is -0.177. The summed E-state index contributed by atoms with van der Waals surface area (Å²) >= 11 is 14.8. The Morgan fingerprint density at radius 1 is 1.44 bits per heavy atom. The predicted octanol–water partition coefficient (Wildman–Crippen LogP) is 4.00. The van der Waals surface area contributed by atoms with Crippen LogP contribution in [-0.2, 0) is 11.3 Å². The van der Waals surface area contributed by atoms with Gasteiger partial charge in [0.1, 0.15) is 4.84 Å². The van der Waals surface area contributed by atoms with E-state index in [1.807, 2.05) is 24.3 Å². The normalized spacial score (nSPS) is 11.7. The molecule has 1 rings (SSSR count). The number of amides is 1. The lowest BCUT2D eigenvalue weighted by Crippen LogP contribution is -2.42. The molecule has 0 aliphatic heterocycles. The van der Waals surface area contributed by atoms with Gasteiger partial charge in [0.05, 0.1) is 12.0 Å². The van der Waals surface area contributed by atoms with Gasteiger partial charge >= 0.3 is 0 Å². The highest BCUT2D eigenvalue weighted by molar-refractivity contribution is 9.10. The van der Waals surface area contributed by atoms with E-state index in [0.717, 1.165) is 10.0 Å². The Morgan fingerprint density at radius 2 is 2.00 bits per heavy atom. The van der Waals surface area contributed by atoms with Crippen LogP contribution in [0.3, 0.4) is 0 Å². The highest BCUT2D eigenvalue weighted by Crippen LogP contribution is 2.31. The molecule has 1 aromatic rings. The predicted molar refractivity (Wildman–Crippen MR) is 75.8 cm³/mol. The maximum Gasteiger partial charge on any atom is 0.254 e. The SMILES string of the molecule is CC(C)(C(=O)N(O)Cc1ccccc1Br)C(Cl)Cl. The summed E-state index contributed by atoms with van der Waals surface area (Å²) in [4.78, 5) is 11.1. The first kappa shape index (κ1) is 15.8. The molecular weight excluding hydrogens is 341 g/mol. The van der Waals surface area contributed by atoms with E-state index >= 15 is 0 Å². The van der Waals surface area contributed by atoms with Gasteiger partial charge in [0.15, 0.2) is 0 Å². The Hall–Kier alpha value is -0.290. The van der Waals surface area contributed by atoms with E-state index in [9.17, 15) is 10.0 Å². The molecule has 0 saturated heterocycles. The van der Waals surface area contributed by atoms with Crippen LogP contribution in [0, 0.1) is 5.41 Å². The van der Waals surface area contributed by atoms with Crippen molar-refractivity contribution < 1.29 is 10.0 Å². The summed E-state index contributed by atoms with van der Waals surface area (Å²) in [5.74, 6) is -0.520. The van der Waals surface area contributed by atoms with Crippen LogP contribution in [0.15, 0.2) is 28.7 Å². The standard InChI is InChI=1S/C12H14BrCl2NO2/c1-12(2,10(14)15)11(17)16(18)7-8-5-3-4-6-9(8)13/h3-6,10,18H,7H2,1-2H3. The van der Waals surface area contributed by atoms with Crippen molar-refractivity contribution in [1.82, 2.24) is 5.06 Å². The number of benzene rings is 1. The van der Waals surface area contributed by atoms with Crippen molar-refractivity contribution in [2.45, 2.75) is 25.2 Å². The van der Waals surface area contributed by atoms with Crippen molar-refractivity contribution in [3.05, 3.63) is 34.3 Å². The van der Waals surface area contributed by atoms with E-state index in [4.69, 9.17) is 23.2 Å².